The number of carboxylic acids is 1. The predicted octanol–water partition coefficient (Wildman–Crippen LogP) is 3.38. The molecule has 0 saturated heterocycles. The number of aliphatic carboxylic acids is 1. The van der Waals surface area contributed by atoms with E-state index in [1.807, 2.05) is 19.1 Å². The molecule has 0 aliphatic carbocycles. The van der Waals surface area contributed by atoms with E-state index >= 15 is 0 Å². The summed E-state index contributed by atoms with van der Waals surface area (Å²) < 4.78 is 0. The second kappa shape index (κ2) is 5.84. The van der Waals surface area contributed by atoms with Gasteiger partial charge in [-0.15, -0.1) is 11.3 Å². The van der Waals surface area contributed by atoms with E-state index in [0.717, 1.165) is 27.8 Å². The number of thiazole rings is 1. The lowest BCUT2D eigenvalue weighted by Crippen LogP contribution is -1.99. The molecule has 0 spiro atoms. The normalized spacial score (nSPS) is 10.4. The molecule has 19 heavy (non-hydrogen) atoms. The molecule has 2 aromatic rings. The molecule has 100 valence electrons. The van der Waals surface area contributed by atoms with Crippen molar-refractivity contribution in [2.45, 2.75) is 26.7 Å². The average molecular weight is 276 g/mol. The van der Waals surface area contributed by atoms with Crippen molar-refractivity contribution in [3.05, 3.63) is 40.4 Å². The molecule has 1 aromatic carbocycles. The van der Waals surface area contributed by atoms with Crippen molar-refractivity contribution in [1.82, 2.24) is 4.98 Å². The fourth-order valence-corrected chi connectivity index (χ4v) is 2.70. The van der Waals surface area contributed by atoms with Crippen LogP contribution in [0.25, 0.3) is 0 Å². The third-order valence-electron chi connectivity index (χ3n) is 2.82. The maximum absolute atomic E-state index is 10.7. The Morgan fingerprint density at radius 1 is 1.37 bits per heavy atom. The highest BCUT2D eigenvalue weighted by atomic mass is 32.1. The Labute approximate surface area is 116 Å². The molecule has 2 rings (SSSR count). The van der Waals surface area contributed by atoms with Crippen molar-refractivity contribution >= 4 is 28.1 Å². The Bertz CT molecular complexity index is 576. The summed E-state index contributed by atoms with van der Waals surface area (Å²) in [6.07, 6.45) is 1.04. The largest absolute Gasteiger partial charge is 0.481 e. The van der Waals surface area contributed by atoms with Crippen molar-refractivity contribution < 1.29 is 9.90 Å². The van der Waals surface area contributed by atoms with Crippen molar-refractivity contribution in [1.29, 1.82) is 0 Å². The number of anilines is 2. The van der Waals surface area contributed by atoms with Crippen LogP contribution in [0.15, 0.2) is 24.3 Å². The molecule has 0 atom stereocenters. The van der Waals surface area contributed by atoms with Crippen LogP contribution < -0.4 is 5.32 Å². The van der Waals surface area contributed by atoms with Crippen LogP contribution in [0, 0.1) is 6.92 Å². The molecule has 0 aliphatic rings. The van der Waals surface area contributed by atoms with Crippen LogP contribution in [0.1, 0.15) is 23.1 Å². The zero-order valence-electron chi connectivity index (χ0n) is 10.9. The number of nitrogens with one attached hydrogen (secondary N) is 1. The van der Waals surface area contributed by atoms with Gasteiger partial charge in [-0.2, -0.15) is 0 Å². The van der Waals surface area contributed by atoms with Crippen molar-refractivity contribution in [3.63, 3.8) is 0 Å². The lowest BCUT2D eigenvalue weighted by molar-refractivity contribution is -0.136. The highest BCUT2D eigenvalue weighted by Crippen LogP contribution is 2.26. The van der Waals surface area contributed by atoms with Gasteiger partial charge in [0.05, 0.1) is 12.1 Å². The zero-order chi connectivity index (χ0) is 13.8. The number of hydrogen-bond acceptors (Lipinski definition) is 4. The van der Waals surface area contributed by atoms with Crippen LogP contribution >= 0.6 is 11.3 Å². The lowest BCUT2D eigenvalue weighted by Gasteiger charge is -2.03. The fourth-order valence-electron chi connectivity index (χ4n) is 1.73. The van der Waals surface area contributed by atoms with Crippen molar-refractivity contribution in [2.24, 2.45) is 0 Å². The Hall–Kier alpha value is -1.88. The van der Waals surface area contributed by atoms with Gasteiger partial charge >= 0.3 is 5.97 Å². The second-order valence-corrected chi connectivity index (χ2v) is 5.36. The minimum atomic E-state index is -0.828. The van der Waals surface area contributed by atoms with Gasteiger partial charge in [0, 0.05) is 10.6 Å². The van der Waals surface area contributed by atoms with Gasteiger partial charge in [-0.1, -0.05) is 19.1 Å². The summed E-state index contributed by atoms with van der Waals surface area (Å²) in [5, 5.41) is 12.7. The van der Waals surface area contributed by atoms with Crippen LogP contribution in [0.4, 0.5) is 10.8 Å². The van der Waals surface area contributed by atoms with Crippen LogP contribution in [0.3, 0.4) is 0 Å². The maximum atomic E-state index is 10.7. The molecule has 2 N–H and O–H groups in total. The summed E-state index contributed by atoms with van der Waals surface area (Å²) in [4.78, 5) is 15.9. The molecule has 5 heteroatoms. The van der Waals surface area contributed by atoms with Crippen LogP contribution in [-0.2, 0) is 17.6 Å². The maximum Gasteiger partial charge on any atom is 0.308 e. The smallest absolute Gasteiger partial charge is 0.308 e. The van der Waals surface area contributed by atoms with E-state index in [9.17, 15) is 4.79 Å². The molecule has 0 radical (unpaired) electrons. The number of rotatable bonds is 5. The van der Waals surface area contributed by atoms with Gasteiger partial charge in [0.2, 0.25) is 0 Å². The molecule has 0 unspecified atom stereocenters. The van der Waals surface area contributed by atoms with Gasteiger partial charge < -0.3 is 10.4 Å². The first-order valence-corrected chi connectivity index (χ1v) is 6.94. The summed E-state index contributed by atoms with van der Waals surface area (Å²) >= 11 is 1.39. The monoisotopic (exact) mass is 276 g/mol. The van der Waals surface area contributed by atoms with Crippen molar-refractivity contribution in [3.8, 4) is 0 Å². The van der Waals surface area contributed by atoms with Gasteiger partial charge in [-0.05, 0) is 31.0 Å². The van der Waals surface area contributed by atoms with Gasteiger partial charge in [0.1, 0.15) is 0 Å². The molecule has 0 bridgehead atoms. The first-order valence-electron chi connectivity index (χ1n) is 6.12. The molecular formula is C14H16N2O2S. The molecule has 0 saturated carbocycles. The Balaban J connectivity index is 2.12. The van der Waals surface area contributed by atoms with Gasteiger partial charge in [0.25, 0.3) is 0 Å². The molecule has 0 fully saturated rings. The van der Waals surface area contributed by atoms with E-state index in [0.29, 0.717) is 0 Å². The number of aryl methyl sites for hydroxylation is 2. The SMILES string of the molecule is CCc1ccc(Nc2nc(C)c(CC(=O)O)s2)cc1. The predicted molar refractivity (Wildman–Crippen MR) is 77.3 cm³/mol. The van der Waals surface area contributed by atoms with E-state index in [-0.39, 0.29) is 6.42 Å². The van der Waals surface area contributed by atoms with E-state index in [4.69, 9.17) is 5.11 Å². The van der Waals surface area contributed by atoms with Gasteiger partial charge in [-0.3, -0.25) is 4.79 Å². The van der Waals surface area contributed by atoms with E-state index in [1.165, 1.54) is 16.9 Å². The van der Waals surface area contributed by atoms with E-state index in [2.05, 4.69) is 29.4 Å². The minimum Gasteiger partial charge on any atom is -0.481 e. The van der Waals surface area contributed by atoms with Gasteiger partial charge in [0.15, 0.2) is 5.13 Å². The van der Waals surface area contributed by atoms with E-state index in [1.54, 1.807) is 0 Å². The molecule has 0 amide bonds. The molecule has 1 aromatic heterocycles. The summed E-state index contributed by atoms with van der Waals surface area (Å²) in [5.74, 6) is -0.828. The zero-order valence-corrected chi connectivity index (χ0v) is 11.8. The number of nitrogens with zero attached hydrogens (tertiary/aromatic N) is 1. The number of carboxylic acid groups (broad SMARTS) is 1. The first-order chi connectivity index (χ1) is 9.08. The lowest BCUT2D eigenvalue weighted by atomic mass is 10.1. The van der Waals surface area contributed by atoms with Crippen molar-refractivity contribution in [2.75, 3.05) is 5.32 Å². The quantitative estimate of drug-likeness (QED) is 0.878. The summed E-state index contributed by atoms with van der Waals surface area (Å²) in [5.41, 5.74) is 3.03. The summed E-state index contributed by atoms with van der Waals surface area (Å²) in [6.45, 7) is 3.95. The molecular weight excluding hydrogens is 260 g/mol. The highest BCUT2D eigenvalue weighted by molar-refractivity contribution is 7.15. The number of benzene rings is 1. The number of carbonyl (C=O) groups is 1. The second-order valence-electron chi connectivity index (χ2n) is 4.27. The van der Waals surface area contributed by atoms with Crippen LogP contribution in [0.5, 0.6) is 0 Å². The van der Waals surface area contributed by atoms with Crippen LogP contribution in [0.2, 0.25) is 0 Å². The third-order valence-corrected chi connectivity index (χ3v) is 3.89. The minimum absolute atomic E-state index is 0.0277. The summed E-state index contributed by atoms with van der Waals surface area (Å²) in [6, 6.07) is 8.15. The third kappa shape index (κ3) is 3.54. The topological polar surface area (TPSA) is 62.2 Å². The Morgan fingerprint density at radius 3 is 2.63 bits per heavy atom. The Kier molecular flexibility index (Phi) is 4.16. The number of aromatic nitrogens is 1. The first kappa shape index (κ1) is 13.5. The highest BCUT2D eigenvalue weighted by Gasteiger charge is 2.10. The van der Waals surface area contributed by atoms with Gasteiger partial charge in [-0.25, -0.2) is 4.98 Å². The standard InChI is InChI=1S/C14H16N2O2S/c1-3-10-4-6-11(7-5-10)16-14-15-9(2)12(19-14)8-13(17)18/h4-7H,3,8H2,1-2H3,(H,15,16)(H,17,18). The summed E-state index contributed by atoms with van der Waals surface area (Å²) in [7, 11) is 0. The average Bonchev–Trinajstić information content (AvgIpc) is 2.70. The molecule has 4 nitrogen and oxygen atoms in total. The van der Waals surface area contributed by atoms with Crippen LogP contribution in [-0.4, -0.2) is 16.1 Å². The molecule has 1 heterocycles. The van der Waals surface area contributed by atoms with E-state index < -0.39 is 5.97 Å². The molecule has 0 aliphatic heterocycles. The fraction of sp³-hybridized carbons (Fsp3) is 0.286. The Morgan fingerprint density at radius 2 is 2.05 bits per heavy atom. The number of hydrogen-bond donors (Lipinski definition) is 2.